The maximum Gasteiger partial charge on any atom is 0.245 e. The van der Waals surface area contributed by atoms with Crippen molar-refractivity contribution in [1.82, 2.24) is 23.7 Å². The van der Waals surface area contributed by atoms with Crippen molar-refractivity contribution in [3.63, 3.8) is 0 Å². The molecule has 2 amide bonds. The van der Waals surface area contributed by atoms with E-state index in [9.17, 15) is 18.0 Å². The van der Waals surface area contributed by atoms with Gasteiger partial charge in [0.2, 0.25) is 21.8 Å². The molecule has 29 heavy (non-hydrogen) atoms. The van der Waals surface area contributed by atoms with Crippen LogP contribution in [0.5, 0.6) is 0 Å². The van der Waals surface area contributed by atoms with E-state index in [0.29, 0.717) is 23.9 Å². The fourth-order valence-electron chi connectivity index (χ4n) is 3.21. The first-order valence-corrected chi connectivity index (χ1v) is 11.5. The van der Waals surface area contributed by atoms with Crippen molar-refractivity contribution in [1.29, 1.82) is 0 Å². The number of aromatic nitrogens is 2. The molecule has 3 rings (SSSR count). The Morgan fingerprint density at radius 2 is 1.93 bits per heavy atom. The number of rotatable bonds is 8. The molecule has 1 aliphatic heterocycles. The van der Waals surface area contributed by atoms with Gasteiger partial charge in [0.05, 0.1) is 18.3 Å². The molecule has 0 unspecified atom stereocenters. The van der Waals surface area contributed by atoms with E-state index in [1.54, 1.807) is 12.1 Å². The Balaban J connectivity index is 1.53. The van der Waals surface area contributed by atoms with Crippen LogP contribution in [0.4, 0.5) is 0 Å². The first kappa shape index (κ1) is 21.6. The Hall–Kier alpha value is -2.15. The van der Waals surface area contributed by atoms with Crippen molar-refractivity contribution in [3.8, 4) is 0 Å². The van der Waals surface area contributed by atoms with Gasteiger partial charge in [0, 0.05) is 38.5 Å². The van der Waals surface area contributed by atoms with E-state index in [0.717, 1.165) is 11.7 Å². The first-order valence-electron chi connectivity index (χ1n) is 9.30. The lowest BCUT2D eigenvalue weighted by molar-refractivity contribution is -0.126. The van der Waals surface area contributed by atoms with E-state index in [1.165, 1.54) is 10.4 Å². The van der Waals surface area contributed by atoms with Crippen molar-refractivity contribution in [2.24, 2.45) is 5.92 Å². The third-order valence-electron chi connectivity index (χ3n) is 4.78. The smallest absolute Gasteiger partial charge is 0.245 e. The number of hydrogen-bond acceptors (Lipinski definition) is 8. The largest absolute Gasteiger partial charge is 0.395 e. The standard InChI is InChI=1S/C17H23N5O5S2/c23-11-8-18-15(24)4-7-19-17(25)12-5-9-22(10-6-12)29(26,27)14-3-1-2-13-16(14)21-28-20-13/h1-3,12,23H,4-11H2,(H,18,24)(H,19,25). The van der Waals surface area contributed by atoms with E-state index < -0.39 is 10.0 Å². The molecule has 2 heterocycles. The molecule has 1 fully saturated rings. The summed E-state index contributed by atoms with van der Waals surface area (Å²) in [5, 5.41) is 13.9. The van der Waals surface area contributed by atoms with Crippen molar-refractivity contribution in [2.75, 3.05) is 32.8 Å². The highest BCUT2D eigenvalue weighted by molar-refractivity contribution is 7.89. The molecule has 0 aliphatic carbocycles. The number of carbonyl (C=O) groups is 2. The molecule has 2 aromatic rings. The van der Waals surface area contributed by atoms with Crippen LogP contribution in [0.1, 0.15) is 19.3 Å². The van der Waals surface area contributed by atoms with Crippen LogP contribution in [-0.2, 0) is 19.6 Å². The molecule has 158 valence electrons. The second-order valence-corrected chi connectivity index (χ2v) is 9.12. The van der Waals surface area contributed by atoms with Gasteiger partial charge in [-0.2, -0.15) is 13.1 Å². The molecule has 1 aromatic heterocycles. The second-order valence-electron chi connectivity index (χ2n) is 6.68. The van der Waals surface area contributed by atoms with Crippen molar-refractivity contribution < 1.29 is 23.1 Å². The number of aliphatic hydroxyl groups is 1. The van der Waals surface area contributed by atoms with Gasteiger partial charge in [-0.15, -0.1) is 0 Å². The van der Waals surface area contributed by atoms with Gasteiger partial charge in [0.1, 0.15) is 15.9 Å². The Kier molecular flexibility index (Phi) is 7.11. The van der Waals surface area contributed by atoms with E-state index >= 15 is 0 Å². The molecule has 1 saturated heterocycles. The van der Waals surface area contributed by atoms with Crippen LogP contribution in [0.3, 0.4) is 0 Å². The number of aliphatic hydroxyl groups excluding tert-OH is 1. The van der Waals surface area contributed by atoms with E-state index in [4.69, 9.17) is 5.11 Å². The molecular formula is C17H23N5O5S2. The SMILES string of the molecule is O=C(CCNC(=O)C1CCN(S(=O)(=O)c2cccc3nsnc23)CC1)NCCO. The number of nitrogens with one attached hydrogen (secondary N) is 2. The van der Waals surface area contributed by atoms with E-state index in [-0.39, 0.29) is 61.8 Å². The summed E-state index contributed by atoms with van der Waals surface area (Å²) in [4.78, 5) is 23.9. The molecule has 3 N–H and O–H groups in total. The molecular weight excluding hydrogens is 418 g/mol. The highest BCUT2D eigenvalue weighted by Gasteiger charge is 2.33. The topological polar surface area (TPSA) is 142 Å². The average molecular weight is 442 g/mol. The molecule has 0 bridgehead atoms. The summed E-state index contributed by atoms with van der Waals surface area (Å²) in [6, 6.07) is 4.89. The highest BCUT2D eigenvalue weighted by Crippen LogP contribution is 2.28. The average Bonchev–Trinajstić information content (AvgIpc) is 3.21. The summed E-state index contributed by atoms with van der Waals surface area (Å²) >= 11 is 0.971. The number of benzene rings is 1. The van der Waals surface area contributed by atoms with Gasteiger partial charge in [-0.25, -0.2) is 8.42 Å². The predicted octanol–water partition coefficient (Wildman–Crippen LogP) is -0.293. The molecule has 0 atom stereocenters. The Morgan fingerprint density at radius 1 is 1.17 bits per heavy atom. The Morgan fingerprint density at radius 3 is 2.66 bits per heavy atom. The number of piperidine rings is 1. The number of sulfonamides is 1. The quantitative estimate of drug-likeness (QED) is 0.511. The van der Waals surface area contributed by atoms with Gasteiger partial charge in [-0.1, -0.05) is 6.07 Å². The summed E-state index contributed by atoms with van der Waals surface area (Å²) in [6.07, 6.45) is 0.949. The maximum absolute atomic E-state index is 13.0. The lowest BCUT2D eigenvalue weighted by Crippen LogP contribution is -2.43. The highest BCUT2D eigenvalue weighted by atomic mass is 32.2. The zero-order valence-corrected chi connectivity index (χ0v) is 17.3. The monoisotopic (exact) mass is 441 g/mol. The summed E-state index contributed by atoms with van der Waals surface area (Å²) in [5.74, 6) is -0.715. The van der Waals surface area contributed by atoms with Crippen LogP contribution < -0.4 is 10.6 Å². The van der Waals surface area contributed by atoms with Crippen LogP contribution in [0, 0.1) is 5.92 Å². The van der Waals surface area contributed by atoms with Crippen LogP contribution in [-0.4, -0.2) is 71.2 Å². The van der Waals surface area contributed by atoms with Gasteiger partial charge < -0.3 is 15.7 Å². The minimum absolute atomic E-state index is 0.130. The fourth-order valence-corrected chi connectivity index (χ4v) is 5.44. The first-order chi connectivity index (χ1) is 13.9. The van der Waals surface area contributed by atoms with Crippen LogP contribution >= 0.6 is 11.7 Å². The summed E-state index contributed by atoms with van der Waals surface area (Å²) in [5.41, 5.74) is 0.921. The number of fused-ring (bicyclic) bond motifs is 1. The fraction of sp³-hybridized carbons (Fsp3) is 0.529. The van der Waals surface area contributed by atoms with Gasteiger partial charge >= 0.3 is 0 Å². The van der Waals surface area contributed by atoms with Gasteiger partial charge in [0.15, 0.2) is 0 Å². The summed E-state index contributed by atoms with van der Waals surface area (Å²) in [6.45, 7) is 0.738. The van der Waals surface area contributed by atoms with Gasteiger partial charge in [-0.3, -0.25) is 9.59 Å². The zero-order chi connectivity index (χ0) is 20.9. The lowest BCUT2D eigenvalue weighted by Gasteiger charge is -2.30. The number of amides is 2. The van der Waals surface area contributed by atoms with Crippen molar-refractivity contribution in [2.45, 2.75) is 24.2 Å². The van der Waals surface area contributed by atoms with Gasteiger partial charge in [0.25, 0.3) is 0 Å². The lowest BCUT2D eigenvalue weighted by atomic mass is 9.97. The molecule has 0 spiro atoms. The summed E-state index contributed by atoms with van der Waals surface area (Å²) in [7, 11) is -3.71. The van der Waals surface area contributed by atoms with E-state index in [1.807, 2.05) is 0 Å². The van der Waals surface area contributed by atoms with Crippen LogP contribution in [0.2, 0.25) is 0 Å². The minimum atomic E-state index is -3.71. The van der Waals surface area contributed by atoms with Crippen LogP contribution in [0.25, 0.3) is 11.0 Å². The molecule has 10 nitrogen and oxygen atoms in total. The third kappa shape index (κ3) is 5.07. The molecule has 0 saturated carbocycles. The third-order valence-corrected chi connectivity index (χ3v) is 7.25. The normalized spacial score (nSPS) is 16.0. The summed E-state index contributed by atoms with van der Waals surface area (Å²) < 4.78 is 35.6. The van der Waals surface area contributed by atoms with Crippen LogP contribution in [0.15, 0.2) is 23.1 Å². The number of carbonyl (C=O) groups excluding carboxylic acids is 2. The second kappa shape index (κ2) is 9.57. The predicted molar refractivity (Wildman–Crippen MR) is 107 cm³/mol. The molecule has 1 aromatic carbocycles. The van der Waals surface area contributed by atoms with Gasteiger partial charge in [-0.05, 0) is 25.0 Å². The Labute approximate surface area is 172 Å². The number of hydrogen-bond donors (Lipinski definition) is 3. The maximum atomic E-state index is 13.0. The van der Waals surface area contributed by atoms with Crippen molar-refractivity contribution >= 4 is 44.6 Å². The Bertz CT molecular complexity index is 970. The number of nitrogens with zero attached hydrogens (tertiary/aromatic N) is 3. The molecule has 12 heteroatoms. The molecule has 1 aliphatic rings. The minimum Gasteiger partial charge on any atom is -0.395 e. The molecule has 0 radical (unpaired) electrons. The van der Waals surface area contributed by atoms with E-state index in [2.05, 4.69) is 19.4 Å². The van der Waals surface area contributed by atoms with Crippen molar-refractivity contribution in [3.05, 3.63) is 18.2 Å². The zero-order valence-electron chi connectivity index (χ0n) is 15.7.